The lowest BCUT2D eigenvalue weighted by molar-refractivity contribution is -0.129. The summed E-state index contributed by atoms with van der Waals surface area (Å²) >= 11 is 2.78. The van der Waals surface area contributed by atoms with Crippen LogP contribution in [0.1, 0.15) is 12.5 Å². The van der Waals surface area contributed by atoms with Crippen molar-refractivity contribution in [2.75, 3.05) is 19.4 Å². The Morgan fingerprint density at radius 3 is 2.91 bits per heavy atom. The SMILES string of the molecule is CNc1nnc(S[C@H](C)C(=O)N(C)Cc2cccc(F)c2)s1. The lowest BCUT2D eigenvalue weighted by Crippen LogP contribution is -2.32. The van der Waals surface area contributed by atoms with Crippen molar-refractivity contribution in [2.24, 2.45) is 0 Å². The molecule has 22 heavy (non-hydrogen) atoms. The van der Waals surface area contributed by atoms with E-state index in [9.17, 15) is 9.18 Å². The normalized spacial score (nSPS) is 12.0. The average molecular weight is 340 g/mol. The largest absolute Gasteiger partial charge is 0.363 e. The molecule has 1 aromatic heterocycles. The maximum atomic E-state index is 13.2. The summed E-state index contributed by atoms with van der Waals surface area (Å²) in [7, 11) is 3.49. The van der Waals surface area contributed by atoms with Crippen LogP contribution >= 0.6 is 23.1 Å². The molecule has 5 nitrogen and oxygen atoms in total. The van der Waals surface area contributed by atoms with Crippen molar-refractivity contribution < 1.29 is 9.18 Å². The molecule has 2 rings (SSSR count). The average Bonchev–Trinajstić information content (AvgIpc) is 2.94. The van der Waals surface area contributed by atoms with Crippen LogP contribution in [0.3, 0.4) is 0 Å². The molecular weight excluding hydrogens is 323 g/mol. The van der Waals surface area contributed by atoms with Crippen molar-refractivity contribution >= 4 is 34.1 Å². The van der Waals surface area contributed by atoms with Crippen LogP contribution in [-0.4, -0.2) is 40.3 Å². The third kappa shape index (κ3) is 4.41. The summed E-state index contributed by atoms with van der Waals surface area (Å²) < 4.78 is 13.9. The van der Waals surface area contributed by atoms with E-state index < -0.39 is 0 Å². The van der Waals surface area contributed by atoms with E-state index in [4.69, 9.17) is 0 Å². The van der Waals surface area contributed by atoms with Crippen LogP contribution in [0.15, 0.2) is 28.6 Å². The van der Waals surface area contributed by atoms with Gasteiger partial charge in [0.05, 0.1) is 5.25 Å². The number of amides is 1. The highest BCUT2D eigenvalue weighted by atomic mass is 32.2. The third-order valence-electron chi connectivity index (χ3n) is 2.93. The van der Waals surface area contributed by atoms with Gasteiger partial charge < -0.3 is 10.2 Å². The summed E-state index contributed by atoms with van der Waals surface area (Å²) in [5, 5.41) is 11.3. The first kappa shape index (κ1) is 16.7. The van der Waals surface area contributed by atoms with Gasteiger partial charge in [0.2, 0.25) is 11.0 Å². The molecule has 0 unspecified atom stereocenters. The van der Waals surface area contributed by atoms with E-state index in [1.54, 1.807) is 31.1 Å². The summed E-state index contributed by atoms with van der Waals surface area (Å²) in [6.07, 6.45) is 0. The van der Waals surface area contributed by atoms with Gasteiger partial charge in [-0.3, -0.25) is 4.79 Å². The van der Waals surface area contributed by atoms with Gasteiger partial charge in [0, 0.05) is 20.6 Å². The lowest BCUT2D eigenvalue weighted by Gasteiger charge is -2.20. The molecule has 0 spiro atoms. The zero-order valence-corrected chi connectivity index (χ0v) is 14.2. The molecule has 0 fully saturated rings. The second-order valence-corrected chi connectivity index (χ2v) is 7.27. The van der Waals surface area contributed by atoms with Crippen molar-refractivity contribution in [1.82, 2.24) is 15.1 Å². The number of carbonyl (C=O) groups is 1. The lowest BCUT2D eigenvalue weighted by atomic mass is 10.2. The van der Waals surface area contributed by atoms with E-state index in [0.29, 0.717) is 6.54 Å². The molecule has 118 valence electrons. The van der Waals surface area contributed by atoms with Gasteiger partial charge in [0.25, 0.3) is 0 Å². The zero-order valence-electron chi connectivity index (χ0n) is 12.5. The topological polar surface area (TPSA) is 58.1 Å². The maximum absolute atomic E-state index is 13.2. The van der Waals surface area contributed by atoms with Crippen molar-refractivity contribution in [3.63, 3.8) is 0 Å². The van der Waals surface area contributed by atoms with Crippen LogP contribution in [-0.2, 0) is 11.3 Å². The summed E-state index contributed by atoms with van der Waals surface area (Å²) in [5.41, 5.74) is 0.765. The van der Waals surface area contributed by atoms with Crippen LogP contribution < -0.4 is 5.32 Å². The Morgan fingerprint density at radius 1 is 1.50 bits per heavy atom. The first-order chi connectivity index (χ1) is 10.5. The van der Waals surface area contributed by atoms with Gasteiger partial charge in [-0.25, -0.2) is 4.39 Å². The highest BCUT2D eigenvalue weighted by molar-refractivity contribution is 8.02. The number of nitrogens with one attached hydrogen (secondary N) is 1. The molecule has 0 aliphatic rings. The van der Waals surface area contributed by atoms with E-state index in [-0.39, 0.29) is 17.0 Å². The number of benzene rings is 1. The highest BCUT2D eigenvalue weighted by Crippen LogP contribution is 2.29. The number of nitrogens with zero attached hydrogens (tertiary/aromatic N) is 3. The van der Waals surface area contributed by atoms with Crippen LogP contribution in [0.2, 0.25) is 0 Å². The molecule has 0 aliphatic carbocycles. The van der Waals surface area contributed by atoms with Crippen molar-refractivity contribution in [1.29, 1.82) is 0 Å². The Hall–Kier alpha value is -1.67. The predicted molar refractivity (Wildman–Crippen MR) is 87.6 cm³/mol. The van der Waals surface area contributed by atoms with Crippen molar-refractivity contribution in [3.05, 3.63) is 35.6 Å². The van der Waals surface area contributed by atoms with Crippen LogP contribution in [0.4, 0.5) is 9.52 Å². The number of carbonyl (C=O) groups excluding carboxylic acids is 1. The van der Waals surface area contributed by atoms with E-state index in [1.165, 1.54) is 35.2 Å². The number of rotatable bonds is 6. The van der Waals surface area contributed by atoms with Gasteiger partial charge in [-0.05, 0) is 24.6 Å². The minimum absolute atomic E-state index is 0.0320. The molecule has 1 N–H and O–H groups in total. The summed E-state index contributed by atoms with van der Waals surface area (Å²) in [4.78, 5) is 14.0. The summed E-state index contributed by atoms with van der Waals surface area (Å²) in [6.45, 7) is 2.20. The fourth-order valence-corrected chi connectivity index (χ4v) is 3.82. The molecule has 1 atom stereocenters. The Balaban J connectivity index is 1.94. The molecule has 1 amide bonds. The number of hydrogen-bond acceptors (Lipinski definition) is 6. The second-order valence-electron chi connectivity index (χ2n) is 4.71. The molecule has 1 aromatic carbocycles. The molecule has 0 bridgehead atoms. The molecule has 2 aromatic rings. The van der Waals surface area contributed by atoms with Crippen LogP contribution in [0.5, 0.6) is 0 Å². The Kier molecular flexibility index (Phi) is 5.73. The van der Waals surface area contributed by atoms with E-state index >= 15 is 0 Å². The van der Waals surface area contributed by atoms with Gasteiger partial charge in [0.1, 0.15) is 5.82 Å². The molecule has 0 saturated heterocycles. The number of aromatic nitrogens is 2. The molecular formula is C14H17FN4OS2. The molecule has 0 radical (unpaired) electrons. The predicted octanol–water partition coefficient (Wildman–Crippen LogP) is 2.86. The van der Waals surface area contributed by atoms with Gasteiger partial charge in [-0.15, -0.1) is 10.2 Å². The zero-order chi connectivity index (χ0) is 16.1. The van der Waals surface area contributed by atoms with Crippen molar-refractivity contribution in [3.8, 4) is 0 Å². The Morgan fingerprint density at radius 2 is 2.27 bits per heavy atom. The van der Waals surface area contributed by atoms with Gasteiger partial charge in [0.15, 0.2) is 4.34 Å². The molecule has 0 saturated carbocycles. The molecule has 8 heteroatoms. The Labute approximate surface area is 136 Å². The monoisotopic (exact) mass is 340 g/mol. The number of anilines is 1. The number of hydrogen-bond donors (Lipinski definition) is 1. The molecule has 1 heterocycles. The first-order valence-corrected chi connectivity index (χ1v) is 8.36. The van der Waals surface area contributed by atoms with Gasteiger partial charge >= 0.3 is 0 Å². The number of halogens is 1. The molecule has 0 aliphatic heterocycles. The fourth-order valence-electron chi connectivity index (χ4n) is 1.86. The van der Waals surface area contributed by atoms with Crippen LogP contribution in [0.25, 0.3) is 0 Å². The van der Waals surface area contributed by atoms with Crippen LogP contribution in [0, 0.1) is 5.82 Å². The second kappa shape index (κ2) is 7.55. The smallest absolute Gasteiger partial charge is 0.235 e. The van der Waals surface area contributed by atoms with Gasteiger partial charge in [-0.1, -0.05) is 35.2 Å². The standard InChI is InChI=1S/C14H17FN4OS2/c1-9(21-14-18-17-13(16-2)22-14)12(20)19(3)8-10-5-4-6-11(15)7-10/h4-7,9H,8H2,1-3H3,(H,16,17)/t9-/m1/s1. The van der Waals surface area contributed by atoms with E-state index in [0.717, 1.165) is 15.0 Å². The van der Waals surface area contributed by atoms with Gasteiger partial charge in [-0.2, -0.15) is 0 Å². The van der Waals surface area contributed by atoms with Crippen molar-refractivity contribution in [2.45, 2.75) is 23.1 Å². The first-order valence-electron chi connectivity index (χ1n) is 6.67. The maximum Gasteiger partial charge on any atom is 0.235 e. The minimum atomic E-state index is -0.297. The third-order valence-corrected chi connectivity index (χ3v) is 5.04. The number of thioether (sulfide) groups is 1. The highest BCUT2D eigenvalue weighted by Gasteiger charge is 2.20. The fraction of sp³-hybridized carbons (Fsp3) is 0.357. The summed E-state index contributed by atoms with van der Waals surface area (Å²) in [6, 6.07) is 6.26. The van der Waals surface area contributed by atoms with E-state index in [2.05, 4.69) is 15.5 Å². The summed E-state index contributed by atoms with van der Waals surface area (Å²) in [5.74, 6) is -0.329. The minimum Gasteiger partial charge on any atom is -0.363 e. The quantitative estimate of drug-likeness (QED) is 0.820. The van der Waals surface area contributed by atoms with E-state index in [1.807, 2.05) is 6.92 Å². The Bertz CT molecular complexity index is 649.